The van der Waals surface area contributed by atoms with Crippen LogP contribution in [-0.4, -0.2) is 26.2 Å². The highest BCUT2D eigenvalue weighted by atomic mass is 127. The summed E-state index contributed by atoms with van der Waals surface area (Å²) in [7, 11) is 3.29. The van der Waals surface area contributed by atoms with E-state index >= 15 is 0 Å². The Morgan fingerprint density at radius 3 is 2.69 bits per heavy atom. The van der Waals surface area contributed by atoms with E-state index in [0.717, 1.165) is 35.1 Å². The predicted molar refractivity (Wildman–Crippen MR) is 120 cm³/mol. The summed E-state index contributed by atoms with van der Waals surface area (Å²) in [4.78, 5) is 4.20. The van der Waals surface area contributed by atoms with Gasteiger partial charge in [-0.05, 0) is 43.7 Å². The molecule has 5 nitrogen and oxygen atoms in total. The topological polar surface area (TPSA) is 54.9 Å². The largest absolute Gasteiger partial charge is 0.496 e. The molecule has 0 aromatic heterocycles. The van der Waals surface area contributed by atoms with Gasteiger partial charge in [0.25, 0.3) is 0 Å². The highest BCUT2D eigenvalue weighted by Crippen LogP contribution is 2.34. The van der Waals surface area contributed by atoms with E-state index in [-0.39, 0.29) is 36.1 Å². The summed E-state index contributed by atoms with van der Waals surface area (Å²) in [6, 6.07) is 7.59. The van der Waals surface area contributed by atoms with Gasteiger partial charge in [0.05, 0.1) is 13.2 Å². The Bertz CT molecular complexity index is 892. The Balaban J connectivity index is 0.00000300. The number of hydrogen-bond acceptors (Lipinski definition) is 3. The molecular weight excluding hydrogens is 491 g/mol. The number of guanidine groups is 1. The summed E-state index contributed by atoms with van der Waals surface area (Å²) >= 11 is 0. The van der Waals surface area contributed by atoms with Crippen LogP contribution in [-0.2, 0) is 13.0 Å². The van der Waals surface area contributed by atoms with Gasteiger partial charge in [-0.1, -0.05) is 6.07 Å². The first-order valence-corrected chi connectivity index (χ1v) is 9.19. The summed E-state index contributed by atoms with van der Waals surface area (Å²) in [5, 5.41) is 6.40. The van der Waals surface area contributed by atoms with Gasteiger partial charge in [0.1, 0.15) is 17.6 Å². The molecule has 1 aliphatic heterocycles. The summed E-state index contributed by atoms with van der Waals surface area (Å²) in [5.41, 5.74) is 2.71. The Labute approximate surface area is 186 Å². The summed E-state index contributed by atoms with van der Waals surface area (Å²) in [5.74, 6) is 0.468. The Morgan fingerprint density at radius 2 is 2.03 bits per heavy atom. The van der Waals surface area contributed by atoms with Crippen molar-refractivity contribution >= 4 is 29.9 Å². The van der Waals surface area contributed by atoms with Crippen LogP contribution in [0.2, 0.25) is 0 Å². The van der Waals surface area contributed by atoms with Crippen LogP contribution in [0.25, 0.3) is 0 Å². The number of hydrogen-bond donors (Lipinski definition) is 2. The van der Waals surface area contributed by atoms with Gasteiger partial charge < -0.3 is 20.1 Å². The summed E-state index contributed by atoms with van der Waals surface area (Å²) < 4.78 is 38.0. The summed E-state index contributed by atoms with van der Waals surface area (Å²) in [6.45, 7) is 4.36. The fourth-order valence-electron chi connectivity index (χ4n) is 3.25. The first-order chi connectivity index (χ1) is 13.4. The Morgan fingerprint density at radius 1 is 1.28 bits per heavy atom. The van der Waals surface area contributed by atoms with Gasteiger partial charge in [0, 0.05) is 31.1 Å². The Hall–Kier alpha value is -2.10. The zero-order valence-corrected chi connectivity index (χ0v) is 19.2. The lowest BCUT2D eigenvalue weighted by molar-refractivity contribution is 0.254. The number of benzene rings is 2. The van der Waals surface area contributed by atoms with E-state index in [9.17, 15) is 8.78 Å². The lowest BCUT2D eigenvalue weighted by Crippen LogP contribution is -2.38. The van der Waals surface area contributed by atoms with Crippen molar-refractivity contribution < 1.29 is 18.3 Å². The zero-order chi connectivity index (χ0) is 20.3. The van der Waals surface area contributed by atoms with Crippen molar-refractivity contribution in [1.82, 2.24) is 10.6 Å². The average molecular weight is 517 g/mol. The van der Waals surface area contributed by atoms with Crippen LogP contribution in [0.3, 0.4) is 0 Å². The van der Waals surface area contributed by atoms with Crippen LogP contribution in [0.15, 0.2) is 35.3 Å². The SMILES string of the molecule is CN=C(NCc1cc2c(cc1OC)CC(C)O2)NC(C)c1ccc(F)c(F)c1.I. The molecule has 2 aromatic carbocycles. The van der Waals surface area contributed by atoms with Crippen molar-refractivity contribution in [3.63, 3.8) is 0 Å². The van der Waals surface area contributed by atoms with E-state index in [1.54, 1.807) is 20.2 Å². The first kappa shape index (κ1) is 23.2. The molecule has 0 aliphatic carbocycles. The third kappa shape index (κ3) is 5.49. The number of rotatable bonds is 5. The molecule has 1 aliphatic rings. The summed E-state index contributed by atoms with van der Waals surface area (Å²) in [6.07, 6.45) is 1.03. The highest BCUT2D eigenvalue weighted by molar-refractivity contribution is 14.0. The van der Waals surface area contributed by atoms with E-state index in [1.807, 2.05) is 26.0 Å². The molecule has 0 saturated carbocycles. The molecule has 29 heavy (non-hydrogen) atoms. The molecule has 2 aromatic rings. The molecular formula is C21H26F2IN3O2. The van der Waals surface area contributed by atoms with Gasteiger partial charge in [-0.15, -0.1) is 24.0 Å². The van der Waals surface area contributed by atoms with Gasteiger partial charge in [-0.3, -0.25) is 4.99 Å². The fraction of sp³-hybridized carbons (Fsp3) is 0.381. The molecule has 2 unspecified atom stereocenters. The standard InChI is InChI=1S/C21H25F2N3O2.HI/c1-12-7-15-9-19(27-4)16(10-20(15)28-12)11-25-21(24-3)26-13(2)14-5-6-17(22)18(23)8-14;/h5-6,8-10,12-13H,7,11H2,1-4H3,(H2,24,25,26);1H. The van der Waals surface area contributed by atoms with E-state index in [0.29, 0.717) is 18.1 Å². The fourth-order valence-corrected chi connectivity index (χ4v) is 3.25. The van der Waals surface area contributed by atoms with Crippen molar-refractivity contribution in [1.29, 1.82) is 0 Å². The van der Waals surface area contributed by atoms with Crippen LogP contribution in [0.5, 0.6) is 11.5 Å². The molecule has 0 bridgehead atoms. The number of fused-ring (bicyclic) bond motifs is 1. The normalized spacial score (nSPS) is 16.3. The van der Waals surface area contributed by atoms with E-state index < -0.39 is 11.6 Å². The second kappa shape index (κ2) is 10.1. The molecule has 8 heteroatoms. The molecule has 3 rings (SSSR count). The maximum atomic E-state index is 13.5. The second-order valence-corrected chi connectivity index (χ2v) is 6.87. The van der Waals surface area contributed by atoms with Gasteiger partial charge >= 0.3 is 0 Å². The maximum Gasteiger partial charge on any atom is 0.191 e. The molecule has 1 heterocycles. The van der Waals surface area contributed by atoms with Gasteiger partial charge in [0.15, 0.2) is 17.6 Å². The Kier molecular flexibility index (Phi) is 8.06. The molecule has 158 valence electrons. The van der Waals surface area contributed by atoms with Crippen molar-refractivity contribution in [2.45, 2.75) is 39.0 Å². The third-order valence-electron chi connectivity index (χ3n) is 4.77. The minimum atomic E-state index is -0.869. The van der Waals surface area contributed by atoms with Crippen molar-refractivity contribution in [3.05, 3.63) is 58.7 Å². The lowest BCUT2D eigenvalue weighted by Gasteiger charge is -2.19. The van der Waals surface area contributed by atoms with Crippen molar-refractivity contribution in [3.8, 4) is 11.5 Å². The molecule has 0 amide bonds. The van der Waals surface area contributed by atoms with E-state index in [4.69, 9.17) is 9.47 Å². The molecule has 0 saturated heterocycles. The quantitative estimate of drug-likeness (QED) is 0.352. The molecule has 2 N–H and O–H groups in total. The molecule has 2 atom stereocenters. The van der Waals surface area contributed by atoms with E-state index in [1.165, 1.54) is 6.07 Å². The maximum absolute atomic E-state index is 13.5. The van der Waals surface area contributed by atoms with Crippen molar-refractivity contribution in [2.24, 2.45) is 4.99 Å². The van der Waals surface area contributed by atoms with Crippen molar-refractivity contribution in [2.75, 3.05) is 14.2 Å². The number of aliphatic imine (C=N–C) groups is 1. The number of nitrogens with one attached hydrogen (secondary N) is 2. The van der Waals surface area contributed by atoms with Gasteiger partial charge in [-0.2, -0.15) is 0 Å². The molecule has 0 fully saturated rings. The molecule has 0 radical (unpaired) electrons. The number of nitrogens with zero attached hydrogens (tertiary/aromatic N) is 1. The first-order valence-electron chi connectivity index (χ1n) is 9.19. The highest BCUT2D eigenvalue weighted by Gasteiger charge is 2.22. The molecule has 0 spiro atoms. The van der Waals surface area contributed by atoms with Crippen LogP contribution < -0.4 is 20.1 Å². The number of ether oxygens (including phenoxy) is 2. The average Bonchev–Trinajstić information content (AvgIpc) is 3.04. The number of halogens is 3. The third-order valence-corrected chi connectivity index (χ3v) is 4.77. The number of methoxy groups -OCH3 is 1. The van der Waals surface area contributed by atoms with Crippen LogP contribution in [0.4, 0.5) is 8.78 Å². The predicted octanol–water partition coefficient (Wildman–Crippen LogP) is 4.34. The van der Waals surface area contributed by atoms with Gasteiger partial charge in [0.2, 0.25) is 0 Å². The second-order valence-electron chi connectivity index (χ2n) is 6.87. The minimum absolute atomic E-state index is 0. The van der Waals surface area contributed by atoms with Crippen LogP contribution >= 0.6 is 24.0 Å². The van der Waals surface area contributed by atoms with Crippen LogP contribution in [0, 0.1) is 11.6 Å². The lowest BCUT2D eigenvalue weighted by atomic mass is 10.1. The zero-order valence-electron chi connectivity index (χ0n) is 16.9. The van der Waals surface area contributed by atoms with E-state index in [2.05, 4.69) is 15.6 Å². The van der Waals surface area contributed by atoms with Gasteiger partial charge in [-0.25, -0.2) is 8.78 Å². The monoisotopic (exact) mass is 517 g/mol. The minimum Gasteiger partial charge on any atom is -0.496 e. The smallest absolute Gasteiger partial charge is 0.191 e. The van der Waals surface area contributed by atoms with Crippen LogP contribution in [0.1, 0.15) is 36.6 Å².